The molecule has 0 spiro atoms. The van der Waals surface area contributed by atoms with Crippen LogP contribution < -0.4 is 4.90 Å². The van der Waals surface area contributed by atoms with Gasteiger partial charge >= 0.3 is 0 Å². The minimum atomic E-state index is -0.408. The summed E-state index contributed by atoms with van der Waals surface area (Å²) < 4.78 is 1.07. The SMILES string of the molecule is O=C1[C@@H]2[C@H](C(=O)N1c1ccc(I)cc1)[C@@H](c1ccccc1)C=C[C@H]2c1ccccc1. The van der Waals surface area contributed by atoms with E-state index in [9.17, 15) is 9.59 Å². The van der Waals surface area contributed by atoms with E-state index in [1.165, 1.54) is 4.90 Å². The van der Waals surface area contributed by atoms with E-state index in [1.807, 2.05) is 84.9 Å². The number of carbonyl (C=O) groups is 2. The maximum Gasteiger partial charge on any atom is 0.238 e. The van der Waals surface area contributed by atoms with Gasteiger partial charge in [-0.3, -0.25) is 9.59 Å². The number of allylic oxidation sites excluding steroid dienone is 2. The molecular formula is C26H20INO2. The summed E-state index contributed by atoms with van der Waals surface area (Å²) in [4.78, 5) is 28.7. The van der Waals surface area contributed by atoms with Crippen molar-refractivity contribution in [2.24, 2.45) is 11.8 Å². The molecule has 1 fully saturated rings. The highest BCUT2D eigenvalue weighted by Gasteiger charge is 2.55. The van der Waals surface area contributed by atoms with E-state index < -0.39 is 11.8 Å². The first-order valence-electron chi connectivity index (χ1n) is 10.1. The van der Waals surface area contributed by atoms with Crippen LogP contribution in [0.4, 0.5) is 5.69 Å². The van der Waals surface area contributed by atoms with Crippen LogP contribution in [0.15, 0.2) is 97.1 Å². The average molecular weight is 505 g/mol. The lowest BCUT2D eigenvalue weighted by molar-refractivity contribution is -0.122. The quantitative estimate of drug-likeness (QED) is 0.267. The summed E-state index contributed by atoms with van der Waals surface area (Å²) in [7, 11) is 0. The van der Waals surface area contributed by atoms with Crippen LogP contribution in [0.1, 0.15) is 23.0 Å². The summed E-state index contributed by atoms with van der Waals surface area (Å²) >= 11 is 2.23. The van der Waals surface area contributed by atoms with Gasteiger partial charge in [0, 0.05) is 15.4 Å². The zero-order valence-electron chi connectivity index (χ0n) is 16.2. The summed E-state index contributed by atoms with van der Waals surface area (Å²) in [6, 6.07) is 27.6. The molecule has 0 bridgehead atoms. The molecule has 2 amide bonds. The van der Waals surface area contributed by atoms with Crippen LogP contribution in [0.5, 0.6) is 0 Å². The fraction of sp³-hybridized carbons (Fsp3) is 0.154. The monoisotopic (exact) mass is 505 g/mol. The van der Waals surface area contributed by atoms with Crippen molar-refractivity contribution in [3.8, 4) is 0 Å². The summed E-state index contributed by atoms with van der Waals surface area (Å²) in [5, 5.41) is 0. The molecule has 0 unspecified atom stereocenters. The predicted octanol–water partition coefficient (Wildman–Crippen LogP) is 5.53. The first kappa shape index (κ1) is 19.2. The van der Waals surface area contributed by atoms with Gasteiger partial charge in [-0.25, -0.2) is 4.90 Å². The topological polar surface area (TPSA) is 37.4 Å². The van der Waals surface area contributed by atoms with Crippen molar-refractivity contribution in [1.29, 1.82) is 0 Å². The standard InChI is InChI=1S/C26H20INO2/c27-19-11-13-20(14-12-19)28-25(29)23-21(17-7-3-1-4-8-17)15-16-22(24(23)26(28)30)18-9-5-2-6-10-18/h1-16,21-24H/t21-,22+,23-,24+. The summed E-state index contributed by atoms with van der Waals surface area (Å²) in [6.07, 6.45) is 4.24. The van der Waals surface area contributed by atoms with E-state index in [-0.39, 0.29) is 23.7 Å². The predicted molar refractivity (Wildman–Crippen MR) is 126 cm³/mol. The molecule has 3 aromatic rings. The molecule has 1 heterocycles. The van der Waals surface area contributed by atoms with Gasteiger partial charge in [-0.05, 0) is 58.0 Å². The third-order valence-corrected chi connectivity index (χ3v) is 6.87. The lowest BCUT2D eigenvalue weighted by Crippen LogP contribution is -2.31. The second-order valence-corrected chi connectivity index (χ2v) is 9.04. The Hall–Kier alpha value is -2.73. The highest BCUT2D eigenvalue weighted by atomic mass is 127. The van der Waals surface area contributed by atoms with Gasteiger partial charge < -0.3 is 0 Å². The van der Waals surface area contributed by atoms with Crippen LogP contribution in [0.3, 0.4) is 0 Å². The van der Waals surface area contributed by atoms with E-state index in [0.29, 0.717) is 5.69 Å². The van der Waals surface area contributed by atoms with Crippen LogP contribution >= 0.6 is 22.6 Å². The Bertz CT molecular complexity index is 1040. The fourth-order valence-electron chi connectivity index (χ4n) is 4.78. The Labute approximate surface area is 189 Å². The van der Waals surface area contributed by atoms with Crippen molar-refractivity contribution >= 4 is 40.1 Å². The highest BCUT2D eigenvalue weighted by Crippen LogP contribution is 2.50. The number of hydrogen-bond acceptors (Lipinski definition) is 2. The van der Waals surface area contributed by atoms with Gasteiger partial charge in [0.1, 0.15) is 0 Å². The number of amides is 2. The minimum Gasteiger partial charge on any atom is -0.274 e. The Morgan fingerprint density at radius 3 is 1.47 bits per heavy atom. The van der Waals surface area contributed by atoms with Gasteiger partial charge in [0.05, 0.1) is 17.5 Å². The normalized spacial score (nSPS) is 25.4. The lowest BCUT2D eigenvalue weighted by atomic mass is 9.68. The zero-order valence-corrected chi connectivity index (χ0v) is 18.3. The first-order chi connectivity index (χ1) is 14.6. The van der Waals surface area contributed by atoms with Gasteiger partial charge in [-0.2, -0.15) is 0 Å². The molecule has 0 radical (unpaired) electrons. The molecule has 5 rings (SSSR count). The smallest absolute Gasteiger partial charge is 0.238 e. The molecule has 0 N–H and O–H groups in total. The second kappa shape index (κ2) is 7.84. The van der Waals surface area contributed by atoms with E-state index in [4.69, 9.17) is 0 Å². The van der Waals surface area contributed by atoms with E-state index >= 15 is 0 Å². The summed E-state index contributed by atoms with van der Waals surface area (Å²) in [5.74, 6) is -1.25. The molecule has 148 valence electrons. The third-order valence-electron chi connectivity index (χ3n) is 6.15. The van der Waals surface area contributed by atoms with Crippen molar-refractivity contribution in [1.82, 2.24) is 0 Å². The zero-order chi connectivity index (χ0) is 20.7. The molecule has 1 saturated heterocycles. The van der Waals surface area contributed by atoms with Gasteiger partial charge in [0.25, 0.3) is 0 Å². The molecule has 4 atom stereocenters. The van der Waals surface area contributed by atoms with Gasteiger partial charge in [0.2, 0.25) is 11.8 Å². The van der Waals surface area contributed by atoms with Crippen molar-refractivity contribution in [3.63, 3.8) is 0 Å². The minimum absolute atomic E-state index is 0.106. The van der Waals surface area contributed by atoms with E-state index in [1.54, 1.807) is 0 Å². The Morgan fingerprint density at radius 2 is 1.03 bits per heavy atom. The number of rotatable bonds is 3. The number of imide groups is 1. The molecule has 4 heteroatoms. The number of hydrogen-bond donors (Lipinski definition) is 0. The largest absolute Gasteiger partial charge is 0.274 e. The molecule has 1 aliphatic carbocycles. The average Bonchev–Trinajstić information content (AvgIpc) is 3.06. The number of fused-ring (bicyclic) bond motifs is 1. The lowest BCUT2D eigenvalue weighted by Gasteiger charge is -2.32. The van der Waals surface area contributed by atoms with Gasteiger partial charge in [-0.15, -0.1) is 0 Å². The van der Waals surface area contributed by atoms with Crippen molar-refractivity contribution in [2.45, 2.75) is 11.8 Å². The molecule has 3 nitrogen and oxygen atoms in total. The molecule has 0 saturated carbocycles. The number of halogens is 1. The number of anilines is 1. The molecule has 2 aliphatic rings. The van der Waals surface area contributed by atoms with Gasteiger partial charge in [-0.1, -0.05) is 72.8 Å². The van der Waals surface area contributed by atoms with Crippen LogP contribution in [-0.2, 0) is 9.59 Å². The second-order valence-electron chi connectivity index (χ2n) is 7.80. The highest BCUT2D eigenvalue weighted by molar-refractivity contribution is 14.1. The molecule has 30 heavy (non-hydrogen) atoms. The molecule has 0 aromatic heterocycles. The molecule has 1 aliphatic heterocycles. The van der Waals surface area contributed by atoms with Crippen LogP contribution in [-0.4, -0.2) is 11.8 Å². The van der Waals surface area contributed by atoms with Crippen molar-refractivity contribution in [3.05, 3.63) is 112 Å². The maximum atomic E-state index is 13.7. The maximum absolute atomic E-state index is 13.7. The number of carbonyl (C=O) groups excluding carboxylic acids is 2. The van der Waals surface area contributed by atoms with Crippen molar-refractivity contribution < 1.29 is 9.59 Å². The molecular weight excluding hydrogens is 485 g/mol. The first-order valence-corrected chi connectivity index (χ1v) is 11.1. The summed E-state index contributed by atoms with van der Waals surface area (Å²) in [6.45, 7) is 0. The third kappa shape index (κ3) is 3.19. The van der Waals surface area contributed by atoms with E-state index in [2.05, 4.69) is 34.7 Å². The number of nitrogens with zero attached hydrogens (tertiary/aromatic N) is 1. The fourth-order valence-corrected chi connectivity index (χ4v) is 5.14. The van der Waals surface area contributed by atoms with Crippen LogP contribution in [0.2, 0.25) is 0 Å². The number of benzene rings is 3. The Kier molecular flexibility index (Phi) is 5.03. The van der Waals surface area contributed by atoms with Crippen molar-refractivity contribution in [2.75, 3.05) is 4.90 Å². The summed E-state index contributed by atoms with van der Waals surface area (Å²) in [5.41, 5.74) is 2.79. The van der Waals surface area contributed by atoms with Crippen LogP contribution in [0.25, 0.3) is 0 Å². The molecule has 3 aromatic carbocycles. The Balaban J connectivity index is 1.63. The van der Waals surface area contributed by atoms with Gasteiger partial charge in [0.15, 0.2) is 0 Å². The Morgan fingerprint density at radius 1 is 0.600 bits per heavy atom. The van der Waals surface area contributed by atoms with Crippen LogP contribution in [0, 0.1) is 15.4 Å². The van der Waals surface area contributed by atoms with E-state index in [0.717, 1.165) is 14.7 Å².